The molecule has 0 atom stereocenters. The summed E-state index contributed by atoms with van der Waals surface area (Å²) in [6.07, 6.45) is 1.51. The van der Waals surface area contributed by atoms with Crippen molar-refractivity contribution in [3.63, 3.8) is 0 Å². The standard InChI is InChI=1S/C9H13N3O3/c1-15-6-11-8(13)5-12-4-2-3-7(10)9(12)14/h2-4H,5-6,10H2,1H3,(H,11,13). The molecule has 3 N–H and O–H groups in total. The van der Waals surface area contributed by atoms with Crippen LogP contribution in [0.2, 0.25) is 0 Å². The third-order valence-electron chi connectivity index (χ3n) is 1.78. The molecule has 1 heterocycles. The predicted octanol–water partition coefficient (Wildman–Crippen LogP) is -0.849. The first-order chi connectivity index (χ1) is 7.15. The molecule has 1 amide bonds. The summed E-state index contributed by atoms with van der Waals surface area (Å²) in [5.74, 6) is -0.301. The van der Waals surface area contributed by atoms with E-state index in [1.807, 2.05) is 0 Å². The van der Waals surface area contributed by atoms with Crippen LogP contribution in [0.25, 0.3) is 0 Å². The number of carbonyl (C=O) groups excluding carboxylic acids is 1. The minimum absolute atomic E-state index is 0.0623. The Labute approximate surface area is 86.6 Å². The second kappa shape index (κ2) is 5.16. The van der Waals surface area contributed by atoms with Gasteiger partial charge in [0.15, 0.2) is 0 Å². The number of carbonyl (C=O) groups is 1. The topological polar surface area (TPSA) is 86.3 Å². The number of methoxy groups -OCH3 is 1. The van der Waals surface area contributed by atoms with Crippen LogP contribution in [0.5, 0.6) is 0 Å². The number of ether oxygens (including phenoxy) is 1. The quantitative estimate of drug-likeness (QED) is 0.635. The number of rotatable bonds is 4. The lowest BCUT2D eigenvalue weighted by molar-refractivity contribution is -0.123. The maximum Gasteiger partial charge on any atom is 0.274 e. The van der Waals surface area contributed by atoms with Crippen LogP contribution in [0, 0.1) is 0 Å². The van der Waals surface area contributed by atoms with Gasteiger partial charge in [-0.05, 0) is 12.1 Å². The molecule has 1 aromatic rings. The maximum atomic E-state index is 11.4. The summed E-state index contributed by atoms with van der Waals surface area (Å²) in [6, 6.07) is 3.10. The van der Waals surface area contributed by atoms with E-state index in [1.165, 1.54) is 23.9 Å². The number of nitrogens with one attached hydrogen (secondary N) is 1. The normalized spacial score (nSPS) is 9.93. The predicted molar refractivity (Wildman–Crippen MR) is 55.1 cm³/mol. The van der Waals surface area contributed by atoms with Gasteiger partial charge in [0.25, 0.3) is 5.56 Å². The molecule has 1 aromatic heterocycles. The number of hydrogen-bond donors (Lipinski definition) is 2. The van der Waals surface area contributed by atoms with E-state index >= 15 is 0 Å². The molecule has 0 saturated carbocycles. The summed E-state index contributed by atoms with van der Waals surface area (Å²) >= 11 is 0. The Morgan fingerprint density at radius 3 is 3.07 bits per heavy atom. The molecule has 0 unspecified atom stereocenters. The van der Waals surface area contributed by atoms with E-state index in [2.05, 4.69) is 10.1 Å². The fraction of sp³-hybridized carbons (Fsp3) is 0.333. The van der Waals surface area contributed by atoms with Gasteiger partial charge >= 0.3 is 0 Å². The van der Waals surface area contributed by atoms with Crippen LogP contribution < -0.4 is 16.6 Å². The van der Waals surface area contributed by atoms with E-state index in [9.17, 15) is 9.59 Å². The molecule has 0 aliphatic carbocycles. The first-order valence-electron chi connectivity index (χ1n) is 4.35. The highest BCUT2D eigenvalue weighted by Crippen LogP contribution is 1.91. The lowest BCUT2D eigenvalue weighted by Gasteiger charge is -2.06. The number of nitrogens with zero attached hydrogens (tertiary/aromatic N) is 1. The van der Waals surface area contributed by atoms with Gasteiger partial charge in [0, 0.05) is 13.3 Å². The molecule has 0 spiro atoms. The molecule has 82 valence electrons. The van der Waals surface area contributed by atoms with Crippen LogP contribution in [-0.2, 0) is 16.1 Å². The van der Waals surface area contributed by atoms with Gasteiger partial charge in [-0.1, -0.05) is 0 Å². The zero-order chi connectivity index (χ0) is 11.3. The molecule has 0 aliphatic heterocycles. The van der Waals surface area contributed by atoms with E-state index in [0.29, 0.717) is 0 Å². The number of amides is 1. The summed E-state index contributed by atoms with van der Waals surface area (Å²) in [4.78, 5) is 22.6. The molecule has 6 heteroatoms. The highest BCUT2D eigenvalue weighted by molar-refractivity contribution is 5.75. The van der Waals surface area contributed by atoms with Crippen LogP contribution in [0.1, 0.15) is 0 Å². The summed E-state index contributed by atoms with van der Waals surface area (Å²) in [5, 5.41) is 2.47. The first kappa shape index (κ1) is 11.3. The Kier molecular flexibility index (Phi) is 3.87. The van der Waals surface area contributed by atoms with Gasteiger partial charge in [0.2, 0.25) is 5.91 Å². The van der Waals surface area contributed by atoms with Crippen molar-refractivity contribution in [1.29, 1.82) is 0 Å². The molecule has 0 saturated heterocycles. The fourth-order valence-electron chi connectivity index (χ4n) is 1.04. The van der Waals surface area contributed by atoms with Crippen molar-refractivity contribution in [1.82, 2.24) is 9.88 Å². The number of pyridine rings is 1. The van der Waals surface area contributed by atoms with Crippen molar-refractivity contribution in [2.75, 3.05) is 19.6 Å². The van der Waals surface area contributed by atoms with Crippen molar-refractivity contribution in [3.8, 4) is 0 Å². The summed E-state index contributed by atoms with van der Waals surface area (Å²) in [7, 11) is 1.47. The van der Waals surface area contributed by atoms with E-state index in [4.69, 9.17) is 5.73 Å². The highest BCUT2D eigenvalue weighted by atomic mass is 16.5. The zero-order valence-electron chi connectivity index (χ0n) is 8.40. The van der Waals surface area contributed by atoms with Gasteiger partial charge in [-0.25, -0.2) is 0 Å². The van der Waals surface area contributed by atoms with Crippen molar-refractivity contribution in [2.24, 2.45) is 0 Å². The van der Waals surface area contributed by atoms with Crippen LogP contribution in [0.3, 0.4) is 0 Å². The van der Waals surface area contributed by atoms with Crippen LogP contribution in [0.15, 0.2) is 23.1 Å². The third-order valence-corrected chi connectivity index (χ3v) is 1.78. The Hall–Kier alpha value is -1.82. The Morgan fingerprint density at radius 1 is 1.67 bits per heavy atom. The molecule has 0 aliphatic rings. The molecular formula is C9H13N3O3. The van der Waals surface area contributed by atoms with Gasteiger partial charge in [-0.3, -0.25) is 9.59 Å². The molecule has 6 nitrogen and oxygen atoms in total. The summed E-state index contributed by atoms with van der Waals surface area (Å²) in [6.45, 7) is 0.0587. The summed E-state index contributed by atoms with van der Waals surface area (Å²) < 4.78 is 5.90. The Bertz CT molecular complexity index is 400. The number of aromatic nitrogens is 1. The average Bonchev–Trinajstić information content (AvgIpc) is 2.22. The lowest BCUT2D eigenvalue weighted by Crippen LogP contribution is -2.33. The van der Waals surface area contributed by atoms with Gasteiger partial charge in [0.1, 0.15) is 13.3 Å². The number of anilines is 1. The molecule has 0 bridgehead atoms. The number of nitrogens with two attached hydrogens (primary N) is 1. The van der Waals surface area contributed by atoms with Crippen LogP contribution >= 0.6 is 0 Å². The van der Waals surface area contributed by atoms with Crippen molar-refractivity contribution < 1.29 is 9.53 Å². The minimum Gasteiger partial charge on any atom is -0.394 e. The Morgan fingerprint density at radius 2 is 2.40 bits per heavy atom. The second-order valence-electron chi connectivity index (χ2n) is 2.93. The van der Waals surface area contributed by atoms with Crippen molar-refractivity contribution in [3.05, 3.63) is 28.7 Å². The molecule has 1 rings (SSSR count). The van der Waals surface area contributed by atoms with E-state index in [-0.39, 0.29) is 30.4 Å². The molecule has 0 radical (unpaired) electrons. The highest BCUT2D eigenvalue weighted by Gasteiger charge is 2.04. The smallest absolute Gasteiger partial charge is 0.274 e. The summed E-state index contributed by atoms with van der Waals surface area (Å²) in [5.41, 5.74) is 5.16. The van der Waals surface area contributed by atoms with Crippen LogP contribution in [-0.4, -0.2) is 24.3 Å². The SMILES string of the molecule is COCNC(=O)Cn1cccc(N)c1=O. The average molecular weight is 211 g/mol. The second-order valence-corrected chi connectivity index (χ2v) is 2.93. The van der Waals surface area contributed by atoms with Gasteiger partial charge in [-0.2, -0.15) is 0 Å². The largest absolute Gasteiger partial charge is 0.394 e. The van der Waals surface area contributed by atoms with Crippen LogP contribution in [0.4, 0.5) is 5.69 Å². The zero-order valence-corrected chi connectivity index (χ0v) is 8.40. The molecular weight excluding hydrogens is 198 g/mol. The number of nitrogen functional groups attached to an aromatic ring is 1. The van der Waals surface area contributed by atoms with Gasteiger partial charge < -0.3 is 20.4 Å². The fourth-order valence-corrected chi connectivity index (χ4v) is 1.04. The lowest BCUT2D eigenvalue weighted by atomic mass is 10.4. The van der Waals surface area contributed by atoms with Gasteiger partial charge in [0.05, 0.1) is 5.69 Å². The van der Waals surface area contributed by atoms with Crippen molar-refractivity contribution >= 4 is 11.6 Å². The molecule has 15 heavy (non-hydrogen) atoms. The first-order valence-corrected chi connectivity index (χ1v) is 4.35. The minimum atomic E-state index is -0.370. The van der Waals surface area contributed by atoms with Crippen molar-refractivity contribution in [2.45, 2.75) is 6.54 Å². The third kappa shape index (κ3) is 3.10. The Balaban J connectivity index is 2.69. The van der Waals surface area contributed by atoms with Gasteiger partial charge in [-0.15, -0.1) is 0 Å². The maximum absolute atomic E-state index is 11.4. The molecule has 0 fully saturated rings. The molecule has 0 aromatic carbocycles. The monoisotopic (exact) mass is 211 g/mol. The van der Waals surface area contributed by atoms with E-state index in [1.54, 1.807) is 6.07 Å². The number of hydrogen-bond acceptors (Lipinski definition) is 4. The van der Waals surface area contributed by atoms with E-state index in [0.717, 1.165) is 0 Å². The van der Waals surface area contributed by atoms with E-state index < -0.39 is 0 Å².